The van der Waals surface area contributed by atoms with Crippen LogP contribution < -0.4 is 10.1 Å². The molecule has 0 spiro atoms. The average molecular weight is 374 g/mol. The van der Waals surface area contributed by atoms with Crippen LogP contribution >= 0.6 is 0 Å². The van der Waals surface area contributed by atoms with Crippen molar-refractivity contribution >= 4 is 5.95 Å². The van der Waals surface area contributed by atoms with Crippen molar-refractivity contribution in [1.82, 2.24) is 15.0 Å². The third-order valence-electron chi connectivity index (χ3n) is 3.90. The number of pyridine rings is 1. The number of nitrogens with zero attached hydrogens (tertiary/aromatic N) is 3. The Labute approximate surface area is 154 Å². The van der Waals surface area contributed by atoms with E-state index < -0.39 is 11.9 Å². The first-order valence-electron chi connectivity index (χ1n) is 8.15. The Morgan fingerprint density at radius 2 is 1.74 bits per heavy atom. The van der Waals surface area contributed by atoms with Crippen molar-refractivity contribution in [3.8, 4) is 11.6 Å². The summed E-state index contributed by atoms with van der Waals surface area (Å²) < 4.78 is 43.9. The summed E-state index contributed by atoms with van der Waals surface area (Å²) in [6.07, 6.45) is -1.87. The summed E-state index contributed by atoms with van der Waals surface area (Å²) in [6, 6.07) is 9.99. The predicted octanol–water partition coefficient (Wildman–Crippen LogP) is 4.91. The monoisotopic (exact) mass is 374 g/mol. The lowest BCUT2D eigenvalue weighted by Gasteiger charge is -2.10. The molecule has 0 saturated heterocycles. The van der Waals surface area contributed by atoms with E-state index in [2.05, 4.69) is 20.3 Å². The molecule has 0 aliphatic heterocycles. The molecule has 0 radical (unpaired) electrons. The molecule has 1 N–H and O–H groups in total. The van der Waals surface area contributed by atoms with Crippen LogP contribution in [0.25, 0.3) is 0 Å². The van der Waals surface area contributed by atoms with E-state index in [0.717, 1.165) is 29.0 Å². The molecule has 0 amide bonds. The number of halogens is 3. The zero-order valence-corrected chi connectivity index (χ0v) is 14.7. The number of hydrogen-bond acceptors (Lipinski definition) is 5. The number of benzene rings is 1. The molecule has 2 heterocycles. The van der Waals surface area contributed by atoms with Gasteiger partial charge in [0.25, 0.3) is 0 Å². The van der Waals surface area contributed by atoms with Gasteiger partial charge in [-0.25, -0.2) is 15.0 Å². The molecule has 140 valence electrons. The zero-order valence-electron chi connectivity index (χ0n) is 14.7. The van der Waals surface area contributed by atoms with Crippen molar-refractivity contribution in [2.45, 2.75) is 26.6 Å². The first kappa shape index (κ1) is 18.6. The Kier molecular flexibility index (Phi) is 5.25. The fourth-order valence-corrected chi connectivity index (χ4v) is 2.30. The summed E-state index contributed by atoms with van der Waals surface area (Å²) in [6.45, 7) is 4.23. The normalized spacial score (nSPS) is 11.3. The van der Waals surface area contributed by atoms with Crippen LogP contribution in [0.2, 0.25) is 0 Å². The van der Waals surface area contributed by atoms with Gasteiger partial charge in [-0.05, 0) is 54.8 Å². The van der Waals surface area contributed by atoms with Gasteiger partial charge in [0.05, 0.1) is 0 Å². The van der Waals surface area contributed by atoms with Gasteiger partial charge in [-0.2, -0.15) is 13.2 Å². The second-order valence-electron chi connectivity index (χ2n) is 5.97. The maximum absolute atomic E-state index is 12.7. The number of ether oxygens (including phenoxy) is 1. The molecule has 3 rings (SSSR count). The van der Waals surface area contributed by atoms with Crippen molar-refractivity contribution in [2.75, 3.05) is 5.32 Å². The van der Waals surface area contributed by atoms with E-state index in [9.17, 15) is 13.2 Å². The van der Waals surface area contributed by atoms with E-state index >= 15 is 0 Å². The van der Waals surface area contributed by atoms with Crippen molar-refractivity contribution in [3.05, 3.63) is 71.2 Å². The zero-order chi connectivity index (χ0) is 19.4. The highest BCUT2D eigenvalue weighted by atomic mass is 19.4. The summed E-state index contributed by atoms with van der Waals surface area (Å²) in [4.78, 5) is 11.4. The quantitative estimate of drug-likeness (QED) is 0.687. The number of aromatic nitrogens is 3. The number of alkyl halides is 3. The van der Waals surface area contributed by atoms with Gasteiger partial charge in [-0.15, -0.1) is 0 Å². The number of anilines is 1. The summed E-state index contributed by atoms with van der Waals surface area (Å²) in [5.74, 6) is 0.956. The molecule has 1 aromatic carbocycles. The van der Waals surface area contributed by atoms with Gasteiger partial charge in [-0.3, -0.25) is 0 Å². The smallest absolute Gasteiger partial charge is 0.433 e. The molecule has 8 heteroatoms. The van der Waals surface area contributed by atoms with Crippen LogP contribution in [-0.2, 0) is 12.7 Å². The molecule has 27 heavy (non-hydrogen) atoms. The highest BCUT2D eigenvalue weighted by Crippen LogP contribution is 2.27. The maximum atomic E-state index is 12.7. The maximum Gasteiger partial charge on any atom is 0.433 e. The van der Waals surface area contributed by atoms with Crippen molar-refractivity contribution in [1.29, 1.82) is 0 Å². The first-order chi connectivity index (χ1) is 12.8. The Bertz CT molecular complexity index is 944. The minimum absolute atomic E-state index is 0.0988. The van der Waals surface area contributed by atoms with E-state index in [4.69, 9.17) is 4.74 Å². The van der Waals surface area contributed by atoms with E-state index in [-0.39, 0.29) is 12.5 Å². The molecule has 0 aliphatic rings. The molecule has 3 aromatic rings. The summed E-state index contributed by atoms with van der Waals surface area (Å²) in [5, 5.41) is 2.78. The molecule has 2 aromatic heterocycles. The van der Waals surface area contributed by atoms with E-state index in [1.807, 2.05) is 32.0 Å². The molecule has 0 unspecified atom stereocenters. The van der Waals surface area contributed by atoms with Gasteiger partial charge in [0.2, 0.25) is 11.8 Å². The highest BCUT2D eigenvalue weighted by molar-refractivity contribution is 5.37. The van der Waals surface area contributed by atoms with Gasteiger partial charge in [0.15, 0.2) is 0 Å². The van der Waals surface area contributed by atoms with Gasteiger partial charge < -0.3 is 10.1 Å². The minimum Gasteiger partial charge on any atom is -0.439 e. The summed E-state index contributed by atoms with van der Waals surface area (Å²) in [7, 11) is 0. The molecule has 0 fully saturated rings. The van der Waals surface area contributed by atoms with Crippen LogP contribution in [0.5, 0.6) is 11.6 Å². The standard InChI is InChI=1S/C19H17F3N4O/c1-12-3-4-15(9-13(12)2)27-17-10-14(5-7-23-17)11-25-18-24-8-6-16(26-18)19(20,21)22/h3-10H,11H2,1-2H3,(H,24,25,26). The van der Waals surface area contributed by atoms with Gasteiger partial charge in [0, 0.05) is 25.0 Å². The first-order valence-corrected chi connectivity index (χ1v) is 8.15. The third kappa shape index (κ3) is 4.93. The van der Waals surface area contributed by atoms with Crippen LogP contribution in [0.1, 0.15) is 22.4 Å². The van der Waals surface area contributed by atoms with Crippen LogP contribution in [0, 0.1) is 13.8 Å². The Morgan fingerprint density at radius 3 is 2.48 bits per heavy atom. The van der Waals surface area contributed by atoms with Crippen LogP contribution in [0.4, 0.5) is 19.1 Å². The van der Waals surface area contributed by atoms with Crippen LogP contribution in [0.3, 0.4) is 0 Å². The lowest BCUT2D eigenvalue weighted by Crippen LogP contribution is -2.11. The molecule has 0 saturated carbocycles. The van der Waals surface area contributed by atoms with Crippen molar-refractivity contribution < 1.29 is 17.9 Å². The number of aryl methyl sites for hydroxylation is 2. The van der Waals surface area contributed by atoms with Gasteiger partial charge >= 0.3 is 6.18 Å². The largest absolute Gasteiger partial charge is 0.439 e. The Balaban J connectivity index is 1.68. The minimum atomic E-state index is -4.51. The second-order valence-corrected chi connectivity index (χ2v) is 5.97. The molecular formula is C19H17F3N4O. The number of hydrogen-bond donors (Lipinski definition) is 1. The van der Waals surface area contributed by atoms with Crippen molar-refractivity contribution in [3.63, 3.8) is 0 Å². The third-order valence-corrected chi connectivity index (χ3v) is 3.90. The Morgan fingerprint density at radius 1 is 0.963 bits per heavy atom. The van der Waals surface area contributed by atoms with Crippen molar-refractivity contribution in [2.24, 2.45) is 0 Å². The second kappa shape index (κ2) is 7.61. The highest BCUT2D eigenvalue weighted by Gasteiger charge is 2.32. The molecule has 0 bridgehead atoms. The summed E-state index contributed by atoms with van der Waals surface area (Å²) >= 11 is 0. The molecule has 5 nitrogen and oxygen atoms in total. The SMILES string of the molecule is Cc1ccc(Oc2cc(CNc3nccc(C(F)(F)F)n3)ccn2)cc1C. The summed E-state index contributed by atoms with van der Waals surface area (Å²) in [5.41, 5.74) is 2.04. The van der Waals surface area contributed by atoms with E-state index in [1.54, 1.807) is 18.3 Å². The number of rotatable bonds is 5. The molecular weight excluding hydrogens is 357 g/mol. The lowest BCUT2D eigenvalue weighted by molar-refractivity contribution is -0.141. The average Bonchev–Trinajstić information content (AvgIpc) is 2.63. The predicted molar refractivity (Wildman–Crippen MR) is 94.6 cm³/mol. The molecule has 0 aliphatic carbocycles. The van der Waals surface area contributed by atoms with E-state index in [1.165, 1.54) is 0 Å². The topological polar surface area (TPSA) is 59.9 Å². The van der Waals surface area contributed by atoms with Gasteiger partial charge in [-0.1, -0.05) is 6.07 Å². The number of nitrogens with one attached hydrogen (secondary N) is 1. The van der Waals surface area contributed by atoms with Gasteiger partial charge in [0.1, 0.15) is 11.4 Å². The molecule has 0 atom stereocenters. The van der Waals surface area contributed by atoms with E-state index in [0.29, 0.717) is 11.6 Å². The fourth-order valence-electron chi connectivity index (χ4n) is 2.30. The van der Waals surface area contributed by atoms with Crippen LogP contribution in [0.15, 0.2) is 48.8 Å². The Hall–Kier alpha value is -3.16. The van der Waals surface area contributed by atoms with Crippen LogP contribution in [-0.4, -0.2) is 15.0 Å². The fraction of sp³-hybridized carbons (Fsp3) is 0.211. The lowest BCUT2D eigenvalue weighted by atomic mass is 10.1.